The van der Waals surface area contributed by atoms with Crippen LogP contribution in [0.5, 0.6) is 0 Å². The van der Waals surface area contributed by atoms with Crippen molar-refractivity contribution in [3.05, 3.63) is 11.4 Å². The second-order valence-corrected chi connectivity index (χ2v) is 6.11. The van der Waals surface area contributed by atoms with Gasteiger partial charge in [0.15, 0.2) is 10.8 Å². The number of allylic oxidation sites excluding steroid dienone is 2. The number of esters is 2. The van der Waals surface area contributed by atoms with Crippen LogP contribution in [0.3, 0.4) is 0 Å². The van der Waals surface area contributed by atoms with Crippen LogP contribution in [-0.4, -0.2) is 63.1 Å². The molecule has 0 aromatic carbocycles. The molecule has 0 spiro atoms. The Hall–Kier alpha value is -2.74. The van der Waals surface area contributed by atoms with E-state index in [1.165, 1.54) is 0 Å². The molecule has 0 radical (unpaired) electrons. The van der Waals surface area contributed by atoms with Crippen molar-refractivity contribution in [3.63, 3.8) is 0 Å². The maximum atomic E-state index is 12.5. The molecule has 0 aromatic rings. The van der Waals surface area contributed by atoms with Crippen molar-refractivity contribution in [1.29, 1.82) is 10.5 Å². The molecule has 1 aliphatic carbocycles. The molecule has 8 nitrogen and oxygen atoms in total. The highest BCUT2D eigenvalue weighted by atomic mass is 16.5. The molecule has 0 N–H and O–H groups in total. The first-order chi connectivity index (χ1) is 11.3. The summed E-state index contributed by atoms with van der Waals surface area (Å²) in [5.41, 5.74) is -2.36. The highest BCUT2D eigenvalue weighted by Crippen LogP contribution is 2.55. The monoisotopic (exact) mass is 332 g/mol. The van der Waals surface area contributed by atoms with Gasteiger partial charge in [-0.2, -0.15) is 10.5 Å². The number of methoxy groups -OCH3 is 2. The molecule has 0 aromatic heterocycles. The molecule has 0 saturated heterocycles. The maximum Gasteiger partial charge on any atom is 0.328 e. The highest BCUT2D eigenvalue weighted by molar-refractivity contribution is 5.94. The van der Waals surface area contributed by atoms with Crippen LogP contribution in [0.4, 0.5) is 0 Å². The van der Waals surface area contributed by atoms with Crippen molar-refractivity contribution in [2.24, 2.45) is 10.8 Å². The maximum absolute atomic E-state index is 12.5. The van der Waals surface area contributed by atoms with Crippen molar-refractivity contribution >= 4 is 11.9 Å². The minimum atomic E-state index is -1.95. The fourth-order valence-corrected chi connectivity index (χ4v) is 3.49. The average molecular weight is 332 g/mol. The molecule has 2 aliphatic rings. The Balaban J connectivity index is 2.76. The van der Waals surface area contributed by atoms with Gasteiger partial charge in [-0.1, -0.05) is 0 Å². The number of likely N-dealkylation sites (N-methyl/N-ethyl adjacent to an activating group) is 2. The first-order valence-corrected chi connectivity index (χ1v) is 7.47. The highest BCUT2D eigenvalue weighted by Gasteiger charge is 2.67. The van der Waals surface area contributed by atoms with E-state index in [1.807, 2.05) is 36.0 Å². The summed E-state index contributed by atoms with van der Waals surface area (Å²) < 4.78 is 9.61. The Morgan fingerprint density at radius 3 is 1.50 bits per heavy atom. The van der Waals surface area contributed by atoms with Gasteiger partial charge >= 0.3 is 11.9 Å². The topological polar surface area (TPSA) is 107 Å². The Labute approximate surface area is 140 Å². The fraction of sp³-hybridized carbons (Fsp3) is 0.625. The number of rotatable bonds is 2. The number of hydrogen-bond acceptors (Lipinski definition) is 8. The van der Waals surface area contributed by atoms with Gasteiger partial charge in [0, 0.05) is 51.4 Å². The predicted octanol–water partition coefficient (Wildman–Crippen LogP) is 0.235. The number of nitrogens with zero attached hydrogens (tertiary/aromatic N) is 4. The minimum absolute atomic E-state index is 0.0744. The average Bonchev–Trinajstić information content (AvgIpc) is 2.62. The summed E-state index contributed by atoms with van der Waals surface area (Å²) in [6.07, 6.45) is -0.149. The third-order valence-corrected chi connectivity index (χ3v) is 5.07. The van der Waals surface area contributed by atoms with E-state index in [2.05, 4.69) is 0 Å². The Bertz CT molecular complexity index is 631. The number of hydrogen-bond donors (Lipinski definition) is 0. The van der Waals surface area contributed by atoms with Crippen LogP contribution >= 0.6 is 0 Å². The quantitative estimate of drug-likeness (QED) is 0.662. The zero-order valence-corrected chi connectivity index (χ0v) is 14.3. The first-order valence-electron chi connectivity index (χ1n) is 7.47. The van der Waals surface area contributed by atoms with Gasteiger partial charge < -0.3 is 19.3 Å². The lowest BCUT2D eigenvalue weighted by Gasteiger charge is -2.48. The summed E-state index contributed by atoms with van der Waals surface area (Å²) in [5, 5.41) is 19.7. The van der Waals surface area contributed by atoms with Gasteiger partial charge in [-0.3, -0.25) is 9.59 Å². The lowest BCUT2D eigenvalue weighted by Crippen LogP contribution is -2.57. The van der Waals surface area contributed by atoms with E-state index in [9.17, 15) is 20.1 Å². The van der Waals surface area contributed by atoms with E-state index in [-0.39, 0.29) is 12.8 Å². The van der Waals surface area contributed by atoms with E-state index in [0.29, 0.717) is 0 Å². The van der Waals surface area contributed by atoms with Crippen molar-refractivity contribution in [2.75, 3.05) is 41.4 Å². The van der Waals surface area contributed by atoms with Crippen molar-refractivity contribution < 1.29 is 19.1 Å². The number of carbonyl (C=O) groups excluding carboxylic acids is 2. The molecule has 2 atom stereocenters. The summed E-state index contributed by atoms with van der Waals surface area (Å²) in [7, 11) is 6.00. The second kappa shape index (κ2) is 6.04. The number of ether oxygens (including phenoxy) is 2. The molecule has 2 rings (SSSR count). The Morgan fingerprint density at radius 1 is 0.917 bits per heavy atom. The SMILES string of the molecule is COC(=O)[C@@]1(C#N)CC2=C(C[C@]1(C#N)C(=O)OC)N(C)CCN2C. The van der Waals surface area contributed by atoms with Crippen molar-refractivity contribution in [2.45, 2.75) is 12.8 Å². The van der Waals surface area contributed by atoms with E-state index in [0.717, 1.165) is 38.7 Å². The molecule has 0 amide bonds. The molecule has 0 fully saturated rings. The minimum Gasteiger partial charge on any atom is -0.468 e. The normalized spacial score (nSPS) is 29.2. The summed E-state index contributed by atoms with van der Waals surface area (Å²) in [5.74, 6) is -1.80. The van der Waals surface area contributed by atoms with Crippen LogP contribution < -0.4 is 0 Å². The Kier molecular flexibility index (Phi) is 4.44. The van der Waals surface area contributed by atoms with Crippen LogP contribution in [0.2, 0.25) is 0 Å². The zero-order chi connectivity index (χ0) is 18.1. The molecule has 24 heavy (non-hydrogen) atoms. The van der Waals surface area contributed by atoms with Gasteiger partial charge in [0.05, 0.1) is 26.4 Å². The summed E-state index contributed by atoms with van der Waals surface area (Å²) in [6, 6.07) is 3.83. The van der Waals surface area contributed by atoms with Gasteiger partial charge in [-0.25, -0.2) is 0 Å². The number of nitriles is 2. The van der Waals surface area contributed by atoms with Crippen LogP contribution in [0.25, 0.3) is 0 Å². The van der Waals surface area contributed by atoms with E-state index in [4.69, 9.17) is 9.47 Å². The van der Waals surface area contributed by atoms with Gasteiger partial charge in [-0.05, 0) is 0 Å². The summed E-state index contributed by atoms with van der Waals surface area (Å²) >= 11 is 0. The first kappa shape index (κ1) is 17.6. The standard InChI is InChI=1S/C16H20N4O4/c1-19-5-6-20(2)12-8-16(10-18,14(22)24-4)15(9-17,7-11(12)19)13(21)23-3/h5-8H2,1-4H3/t15-,16-/m0/s1. The van der Waals surface area contributed by atoms with E-state index < -0.39 is 22.8 Å². The number of carbonyl (C=O) groups is 2. The lowest BCUT2D eigenvalue weighted by atomic mass is 9.57. The second-order valence-electron chi connectivity index (χ2n) is 6.11. The smallest absolute Gasteiger partial charge is 0.328 e. The Morgan fingerprint density at radius 2 is 1.25 bits per heavy atom. The molecular formula is C16H20N4O4. The molecule has 0 unspecified atom stereocenters. The summed E-state index contributed by atoms with van der Waals surface area (Å²) in [4.78, 5) is 28.9. The fourth-order valence-electron chi connectivity index (χ4n) is 3.49. The van der Waals surface area contributed by atoms with Crippen LogP contribution in [0.1, 0.15) is 12.8 Å². The zero-order valence-electron chi connectivity index (χ0n) is 14.3. The third kappa shape index (κ3) is 2.10. The van der Waals surface area contributed by atoms with Gasteiger partial charge in [0.1, 0.15) is 0 Å². The van der Waals surface area contributed by atoms with Crippen LogP contribution in [0.15, 0.2) is 11.4 Å². The molecular weight excluding hydrogens is 312 g/mol. The van der Waals surface area contributed by atoms with Crippen molar-refractivity contribution in [1.82, 2.24) is 9.80 Å². The predicted molar refractivity (Wildman–Crippen MR) is 81.6 cm³/mol. The van der Waals surface area contributed by atoms with Crippen LogP contribution in [0, 0.1) is 33.5 Å². The van der Waals surface area contributed by atoms with Gasteiger partial charge in [0.25, 0.3) is 0 Å². The van der Waals surface area contributed by atoms with E-state index >= 15 is 0 Å². The van der Waals surface area contributed by atoms with Gasteiger partial charge in [0.2, 0.25) is 0 Å². The molecule has 0 bridgehead atoms. The van der Waals surface area contributed by atoms with Gasteiger partial charge in [-0.15, -0.1) is 0 Å². The molecule has 8 heteroatoms. The third-order valence-electron chi connectivity index (χ3n) is 5.07. The van der Waals surface area contributed by atoms with E-state index in [1.54, 1.807) is 0 Å². The molecule has 1 aliphatic heterocycles. The van der Waals surface area contributed by atoms with Crippen LogP contribution in [-0.2, 0) is 19.1 Å². The van der Waals surface area contributed by atoms with Crippen molar-refractivity contribution in [3.8, 4) is 12.1 Å². The molecule has 1 heterocycles. The largest absolute Gasteiger partial charge is 0.468 e. The molecule has 128 valence electrons. The summed E-state index contributed by atoms with van der Waals surface area (Å²) in [6.45, 7) is 1.44. The lowest BCUT2D eigenvalue weighted by molar-refractivity contribution is -0.169. The molecule has 0 saturated carbocycles.